The molecule has 0 fully saturated rings. The van der Waals surface area contributed by atoms with Crippen LogP contribution in [0.3, 0.4) is 0 Å². The fourth-order valence-corrected chi connectivity index (χ4v) is 5.22. The first-order valence-electron chi connectivity index (χ1n) is 13.6. The lowest BCUT2D eigenvalue weighted by Gasteiger charge is -2.23. The zero-order chi connectivity index (χ0) is 38.2. The van der Waals surface area contributed by atoms with E-state index in [4.69, 9.17) is 4.65 Å². The number of rotatable bonds is 6. The second kappa shape index (κ2) is 12.8. The Labute approximate surface area is 276 Å². The van der Waals surface area contributed by atoms with Crippen LogP contribution in [0.1, 0.15) is 0 Å². The first-order valence-corrected chi connectivity index (χ1v) is 13.6. The molecule has 0 spiro atoms. The van der Waals surface area contributed by atoms with Crippen molar-refractivity contribution in [2.75, 3.05) is 0 Å². The Morgan fingerprint density at radius 1 is 0.365 bits per heavy atom. The van der Waals surface area contributed by atoms with Crippen molar-refractivity contribution in [2.24, 2.45) is 0 Å². The van der Waals surface area contributed by atoms with E-state index in [2.05, 4.69) is 4.65 Å². The summed E-state index contributed by atoms with van der Waals surface area (Å²) in [6, 6.07) is 3.70. The summed E-state index contributed by atoms with van der Waals surface area (Å²) in [4.78, 5) is 0. The number of hydrogen-bond acceptors (Lipinski definition) is 2. The van der Waals surface area contributed by atoms with Crippen molar-refractivity contribution in [2.45, 2.75) is 0 Å². The molecule has 268 valence electrons. The van der Waals surface area contributed by atoms with Crippen molar-refractivity contribution >= 4 is 34.1 Å². The van der Waals surface area contributed by atoms with Gasteiger partial charge in [-0.15, -0.1) is 0 Å². The summed E-state index contributed by atoms with van der Waals surface area (Å²) in [7, 11) is -3.53. The smallest absolute Gasteiger partial charge is 0.521 e. The first-order chi connectivity index (χ1) is 24.4. The Morgan fingerprint density at radius 3 is 1.37 bits per heavy atom. The lowest BCUT2D eigenvalue weighted by Crippen LogP contribution is -2.46. The van der Waals surface area contributed by atoms with Crippen LogP contribution in [0.4, 0.5) is 74.6 Å². The van der Waals surface area contributed by atoms with Crippen molar-refractivity contribution in [1.82, 2.24) is 0 Å². The predicted octanol–water partition coefficient (Wildman–Crippen LogP) is 9.88. The van der Waals surface area contributed by atoms with E-state index >= 15 is 22.0 Å². The topological polar surface area (TPSA) is 18.5 Å². The van der Waals surface area contributed by atoms with Crippen LogP contribution in [0.25, 0.3) is 32.7 Å². The van der Waals surface area contributed by atoms with Gasteiger partial charge in [0.2, 0.25) is 29.1 Å². The zero-order valence-corrected chi connectivity index (χ0v) is 24.3. The van der Waals surface area contributed by atoms with Gasteiger partial charge in [-0.2, -0.15) is 8.78 Å². The van der Waals surface area contributed by atoms with Gasteiger partial charge in [-0.1, -0.05) is 18.2 Å². The van der Waals surface area contributed by atoms with E-state index < -0.39 is 156 Å². The third-order valence-electron chi connectivity index (χ3n) is 7.54. The molecule has 0 N–H and O–H groups in total. The van der Waals surface area contributed by atoms with Crippen molar-refractivity contribution in [3.63, 3.8) is 0 Å². The van der Waals surface area contributed by atoms with E-state index in [0.29, 0.717) is 12.1 Å². The quantitative estimate of drug-likeness (QED) is 0.0554. The summed E-state index contributed by atoms with van der Waals surface area (Å²) in [5, 5.41) is -8.91. The lowest BCUT2D eigenvalue weighted by molar-refractivity contribution is 0.334. The molecule has 20 heteroatoms. The van der Waals surface area contributed by atoms with Gasteiger partial charge in [0, 0.05) is 22.6 Å². The van der Waals surface area contributed by atoms with E-state index in [1.54, 1.807) is 0 Å². The van der Waals surface area contributed by atoms with Crippen LogP contribution in [0.15, 0.2) is 36.4 Å². The van der Waals surface area contributed by atoms with Gasteiger partial charge in [-0.25, -0.2) is 65.9 Å². The van der Waals surface area contributed by atoms with Crippen LogP contribution in [-0.4, -0.2) is 7.12 Å². The van der Waals surface area contributed by atoms with Gasteiger partial charge in [0.05, 0.1) is 21.6 Å². The number of fused-ring (bicyclic) bond motifs is 2. The van der Waals surface area contributed by atoms with Gasteiger partial charge < -0.3 is 9.31 Å². The molecule has 0 aliphatic heterocycles. The first kappa shape index (κ1) is 36.1. The van der Waals surface area contributed by atoms with Crippen LogP contribution < -0.4 is 14.8 Å². The minimum absolute atomic E-state index is 0.0541. The Bertz CT molecular complexity index is 2500. The maximum Gasteiger partial charge on any atom is 0.636 e. The van der Waals surface area contributed by atoms with E-state index in [0.717, 1.165) is 18.2 Å². The molecule has 6 aromatic carbocycles. The predicted molar refractivity (Wildman–Crippen MR) is 146 cm³/mol. The molecule has 0 aliphatic carbocycles. The fourth-order valence-electron chi connectivity index (χ4n) is 5.22. The second-order valence-electron chi connectivity index (χ2n) is 10.5. The van der Waals surface area contributed by atoms with Crippen LogP contribution in [0, 0.1) is 98.9 Å². The van der Waals surface area contributed by atoms with E-state index in [9.17, 15) is 52.7 Å². The molecule has 2 nitrogen and oxygen atoms in total. The molecule has 0 radical (unpaired) electrons. The van der Waals surface area contributed by atoms with E-state index in [1.165, 1.54) is 0 Å². The number of halogens is 17. The van der Waals surface area contributed by atoms with E-state index in [-0.39, 0.29) is 6.07 Å². The standard InChI is InChI=1S/C32H6BF17O2/c34-7-5-9(17(36)10(35)6-7)8-3-1-2-4-11(8)51-33(52-32-30(49)28(47)27(46)29(48)31(32)50)16-12-13(20(39)24(43)23(16)42)19(38)15-14(18(12)37)21(40)25(44)26(45)22(15)41/h1-6H. The summed E-state index contributed by atoms with van der Waals surface area (Å²) < 4.78 is 260. The molecule has 0 bridgehead atoms. The Morgan fingerprint density at radius 2 is 0.808 bits per heavy atom. The largest absolute Gasteiger partial charge is 0.636 e. The zero-order valence-electron chi connectivity index (χ0n) is 24.3. The lowest BCUT2D eigenvalue weighted by atomic mass is 9.73. The third kappa shape index (κ3) is 5.29. The molecule has 0 aliphatic rings. The highest BCUT2D eigenvalue weighted by Gasteiger charge is 2.42. The average molecular weight is 756 g/mol. The maximum absolute atomic E-state index is 16.1. The SMILES string of the molecule is Fc1cc(F)c(F)c(-c2ccccc2OB(Oc2c(F)c(F)c(F)c(F)c2F)c2c(F)c(F)c(F)c3c(F)c4c(F)c(F)c(F)c(F)c4c(F)c23)c1. The highest BCUT2D eigenvalue weighted by atomic mass is 19.2. The summed E-state index contributed by atoms with van der Waals surface area (Å²) in [5.74, 6) is -47.8. The average Bonchev–Trinajstić information content (AvgIpc) is 3.11. The molecule has 52 heavy (non-hydrogen) atoms. The van der Waals surface area contributed by atoms with Crippen molar-refractivity contribution in [1.29, 1.82) is 0 Å². The molecule has 6 aromatic rings. The van der Waals surface area contributed by atoms with Crippen LogP contribution in [0.5, 0.6) is 11.5 Å². The molecule has 6 rings (SSSR count). The molecule has 0 saturated heterocycles. The molecule has 0 unspecified atom stereocenters. The Kier molecular flexibility index (Phi) is 8.90. The van der Waals surface area contributed by atoms with Gasteiger partial charge in [-0.3, -0.25) is 0 Å². The van der Waals surface area contributed by atoms with E-state index in [1.807, 2.05) is 0 Å². The van der Waals surface area contributed by atoms with Gasteiger partial charge in [-0.05, 0) is 12.1 Å². The minimum atomic E-state index is -3.53. The van der Waals surface area contributed by atoms with Crippen molar-refractivity contribution in [3.05, 3.63) is 135 Å². The van der Waals surface area contributed by atoms with Crippen molar-refractivity contribution in [3.8, 4) is 22.6 Å². The Hall–Kier alpha value is -5.69. The van der Waals surface area contributed by atoms with Crippen LogP contribution in [-0.2, 0) is 0 Å². The summed E-state index contributed by atoms with van der Waals surface area (Å²) in [6.45, 7) is 0. The second-order valence-corrected chi connectivity index (χ2v) is 10.5. The molecular formula is C32H6BF17O2. The third-order valence-corrected chi connectivity index (χ3v) is 7.54. The molecule has 0 atom stereocenters. The summed E-state index contributed by atoms with van der Waals surface area (Å²) in [5.41, 5.74) is -4.11. The number of hydrogen-bond donors (Lipinski definition) is 0. The van der Waals surface area contributed by atoms with Crippen molar-refractivity contribution < 1.29 is 83.9 Å². The van der Waals surface area contributed by atoms with Crippen LogP contribution in [0.2, 0.25) is 0 Å². The van der Waals surface area contributed by atoms with Gasteiger partial charge in [0.25, 0.3) is 0 Å². The van der Waals surface area contributed by atoms with Crippen LogP contribution >= 0.6 is 0 Å². The number of benzene rings is 6. The van der Waals surface area contributed by atoms with Gasteiger partial charge >= 0.3 is 7.12 Å². The summed E-state index contributed by atoms with van der Waals surface area (Å²) in [6.07, 6.45) is 0. The normalized spacial score (nSPS) is 11.6. The van der Waals surface area contributed by atoms with Gasteiger partial charge in [0.1, 0.15) is 23.2 Å². The maximum atomic E-state index is 16.1. The molecular weight excluding hydrogens is 750 g/mol. The number of para-hydroxylation sites is 1. The highest BCUT2D eigenvalue weighted by Crippen LogP contribution is 2.40. The minimum Gasteiger partial charge on any atom is -0.521 e. The highest BCUT2D eigenvalue weighted by molar-refractivity contribution is 6.66. The van der Waals surface area contributed by atoms with Gasteiger partial charge in [0.15, 0.2) is 58.1 Å². The Balaban J connectivity index is 1.76. The molecule has 0 saturated carbocycles. The molecule has 0 amide bonds. The fraction of sp³-hybridized carbons (Fsp3) is 0. The monoisotopic (exact) mass is 756 g/mol. The molecule has 0 heterocycles. The summed E-state index contributed by atoms with van der Waals surface area (Å²) >= 11 is 0. The molecule has 0 aromatic heterocycles.